The summed E-state index contributed by atoms with van der Waals surface area (Å²) in [6.07, 6.45) is 9.93. The number of carbonyl (C=O) groups is 3. The molecule has 4 fully saturated rings. The lowest BCUT2D eigenvalue weighted by Gasteiger charge is -2.38. The highest BCUT2D eigenvalue weighted by atomic mass is 35.5. The maximum atomic E-state index is 14.2. The fourth-order valence-electron chi connectivity index (χ4n) is 7.78. The summed E-state index contributed by atoms with van der Waals surface area (Å²) in [6.45, 7) is 7.62. The monoisotopic (exact) mass is 604 g/mol. The quantitative estimate of drug-likeness (QED) is 0.453. The molecule has 8 atom stereocenters. The Morgan fingerprint density at radius 1 is 1.07 bits per heavy atom. The molecule has 1 saturated carbocycles. The third kappa shape index (κ3) is 5.53. The molecule has 3 saturated heterocycles. The normalized spacial score (nSPS) is 36.1. The molecule has 6 rings (SSSR count). The second kappa shape index (κ2) is 12.2. The number of nitrogens with one attached hydrogen (secondary N) is 2. The van der Waals surface area contributed by atoms with Crippen LogP contribution in [0.5, 0.6) is 0 Å². The van der Waals surface area contributed by atoms with Gasteiger partial charge in [-0.15, -0.1) is 12.4 Å². The summed E-state index contributed by atoms with van der Waals surface area (Å²) in [5.74, 6) is -1.20. The number of amides is 3. The molecule has 10 heteroatoms. The molecule has 1 aliphatic carbocycles. The van der Waals surface area contributed by atoms with E-state index in [4.69, 9.17) is 16.3 Å². The second-order valence-corrected chi connectivity index (χ2v) is 13.0. The van der Waals surface area contributed by atoms with Crippen molar-refractivity contribution in [3.8, 4) is 0 Å². The average molecular weight is 606 g/mol. The molecular weight excluding hydrogens is 563 g/mol. The van der Waals surface area contributed by atoms with Crippen molar-refractivity contribution in [3.63, 3.8) is 0 Å². The first-order valence-electron chi connectivity index (χ1n) is 15.1. The molecular formula is C31H42Cl2N4O4. The highest BCUT2D eigenvalue weighted by molar-refractivity contribution is 6.30. The van der Waals surface area contributed by atoms with Gasteiger partial charge in [-0.25, -0.2) is 0 Å². The number of carbonyl (C=O) groups excluding carboxylic acids is 3. The third-order valence-corrected chi connectivity index (χ3v) is 10.4. The molecule has 1 aromatic rings. The summed E-state index contributed by atoms with van der Waals surface area (Å²) in [5.41, 5.74) is -0.575. The number of benzene rings is 1. The number of ether oxygens (including phenoxy) is 1. The van der Waals surface area contributed by atoms with Gasteiger partial charge in [-0.05, 0) is 62.4 Å². The number of rotatable bonds is 7. The van der Waals surface area contributed by atoms with E-state index in [1.54, 1.807) is 29.2 Å². The van der Waals surface area contributed by atoms with E-state index in [-0.39, 0.29) is 36.2 Å². The van der Waals surface area contributed by atoms with E-state index in [1.807, 2.05) is 12.2 Å². The van der Waals surface area contributed by atoms with Gasteiger partial charge in [-0.3, -0.25) is 14.4 Å². The topological polar surface area (TPSA) is 91.0 Å². The Balaban J connectivity index is 0.00000337. The van der Waals surface area contributed by atoms with Crippen LogP contribution in [0.1, 0.15) is 52.4 Å². The van der Waals surface area contributed by atoms with Crippen LogP contribution in [-0.2, 0) is 19.1 Å². The van der Waals surface area contributed by atoms with Crippen molar-refractivity contribution >= 4 is 47.4 Å². The third-order valence-electron chi connectivity index (χ3n) is 10.2. The summed E-state index contributed by atoms with van der Waals surface area (Å²) < 4.78 is 6.51. The minimum absolute atomic E-state index is 0. The largest absolute Gasteiger partial charge is 0.359 e. The van der Waals surface area contributed by atoms with Crippen LogP contribution in [0, 0.1) is 23.7 Å². The van der Waals surface area contributed by atoms with E-state index in [9.17, 15) is 14.4 Å². The molecule has 8 nitrogen and oxygen atoms in total. The highest BCUT2D eigenvalue weighted by Crippen LogP contribution is 2.55. The molecule has 3 amide bonds. The van der Waals surface area contributed by atoms with Crippen LogP contribution < -0.4 is 10.6 Å². The van der Waals surface area contributed by atoms with Crippen LogP contribution in [0.3, 0.4) is 0 Å². The Morgan fingerprint density at radius 3 is 2.61 bits per heavy atom. The van der Waals surface area contributed by atoms with Gasteiger partial charge < -0.3 is 25.2 Å². The van der Waals surface area contributed by atoms with Crippen LogP contribution in [-0.4, -0.2) is 77.5 Å². The van der Waals surface area contributed by atoms with Gasteiger partial charge in [0.1, 0.15) is 11.6 Å². The predicted octanol–water partition coefficient (Wildman–Crippen LogP) is 4.28. The molecule has 2 N–H and O–H groups in total. The molecule has 2 bridgehead atoms. The van der Waals surface area contributed by atoms with Gasteiger partial charge >= 0.3 is 0 Å². The summed E-state index contributed by atoms with van der Waals surface area (Å²) in [4.78, 5) is 46.1. The van der Waals surface area contributed by atoms with Crippen molar-refractivity contribution in [3.05, 3.63) is 41.4 Å². The Kier molecular flexibility index (Phi) is 9.05. The van der Waals surface area contributed by atoms with Gasteiger partial charge in [0.2, 0.25) is 17.7 Å². The first-order valence-corrected chi connectivity index (χ1v) is 15.4. The van der Waals surface area contributed by atoms with Crippen LogP contribution in [0.25, 0.3) is 0 Å². The zero-order valence-electron chi connectivity index (χ0n) is 23.9. The first-order chi connectivity index (χ1) is 19.3. The SMILES string of the molecule is CC1CCCC(NC(=O)C2N(CCN3CCCCC3)C(=O)[C@@H]3C(C(=O)Nc4cccc(Cl)c4)[C@@H]4C=CC23O4)C1C.Cl. The van der Waals surface area contributed by atoms with Gasteiger partial charge in [0, 0.05) is 29.8 Å². The minimum atomic E-state index is -1.15. The molecule has 1 spiro atoms. The second-order valence-electron chi connectivity index (χ2n) is 12.5. The summed E-state index contributed by atoms with van der Waals surface area (Å²) in [5, 5.41) is 6.79. The predicted molar refractivity (Wildman–Crippen MR) is 161 cm³/mol. The van der Waals surface area contributed by atoms with Crippen LogP contribution in [0.2, 0.25) is 5.02 Å². The standard InChI is InChI=1S/C31H41ClN4O4.ClH/c1-19-8-6-11-23(20(19)2)34-29(38)27-31-13-12-24(40-31)25(28(37)33-22-10-7-9-21(32)18-22)26(31)30(39)36(27)17-16-35-14-4-3-5-15-35;/h7,9-10,12-13,18-20,23-27H,3-6,8,11,14-17H2,1-2H3,(H,33,37)(H,34,38);1H/t19?,20?,23?,24-,25?,26-,27?,31?;/m0./s1. The van der Waals surface area contributed by atoms with E-state index in [2.05, 4.69) is 29.4 Å². The van der Waals surface area contributed by atoms with Crippen LogP contribution in [0.4, 0.5) is 5.69 Å². The number of halogens is 2. The van der Waals surface area contributed by atoms with Crippen molar-refractivity contribution in [1.82, 2.24) is 15.1 Å². The van der Waals surface area contributed by atoms with Crippen molar-refractivity contribution < 1.29 is 19.1 Å². The van der Waals surface area contributed by atoms with E-state index >= 15 is 0 Å². The Labute approximate surface area is 254 Å². The lowest BCUT2D eigenvalue weighted by atomic mass is 9.73. The van der Waals surface area contributed by atoms with Crippen molar-refractivity contribution in [2.45, 2.75) is 76.2 Å². The Hall–Kier alpha value is -2.13. The molecule has 0 radical (unpaired) electrons. The highest BCUT2D eigenvalue weighted by Gasteiger charge is 2.72. The average Bonchev–Trinajstić information content (AvgIpc) is 3.58. The van der Waals surface area contributed by atoms with E-state index in [0.29, 0.717) is 35.6 Å². The first kappa shape index (κ1) is 30.3. The number of anilines is 1. The fourth-order valence-corrected chi connectivity index (χ4v) is 7.97. The lowest BCUT2D eigenvalue weighted by molar-refractivity contribution is -0.142. The molecule has 1 aromatic carbocycles. The summed E-state index contributed by atoms with van der Waals surface area (Å²) in [7, 11) is 0. The van der Waals surface area contributed by atoms with Crippen molar-refractivity contribution in [2.75, 3.05) is 31.5 Å². The Bertz CT molecular complexity index is 1190. The van der Waals surface area contributed by atoms with Gasteiger partial charge in [0.25, 0.3) is 0 Å². The lowest BCUT2D eigenvalue weighted by Crippen LogP contribution is -2.58. The minimum Gasteiger partial charge on any atom is -0.359 e. The van der Waals surface area contributed by atoms with Gasteiger partial charge in [-0.2, -0.15) is 0 Å². The van der Waals surface area contributed by atoms with Crippen molar-refractivity contribution in [1.29, 1.82) is 0 Å². The van der Waals surface area contributed by atoms with Gasteiger partial charge in [-0.1, -0.05) is 62.9 Å². The number of hydrogen-bond donors (Lipinski definition) is 2. The van der Waals surface area contributed by atoms with Crippen LogP contribution >= 0.6 is 24.0 Å². The molecule has 41 heavy (non-hydrogen) atoms. The van der Waals surface area contributed by atoms with E-state index < -0.39 is 29.6 Å². The zero-order chi connectivity index (χ0) is 28.0. The number of fused-ring (bicyclic) bond motifs is 1. The van der Waals surface area contributed by atoms with E-state index in [1.165, 1.54) is 12.8 Å². The summed E-state index contributed by atoms with van der Waals surface area (Å²) >= 11 is 6.14. The van der Waals surface area contributed by atoms with Crippen molar-refractivity contribution in [2.24, 2.45) is 23.7 Å². The molecule has 6 unspecified atom stereocenters. The maximum Gasteiger partial charge on any atom is 0.246 e. The molecule has 4 heterocycles. The van der Waals surface area contributed by atoms with E-state index in [0.717, 1.165) is 38.8 Å². The van der Waals surface area contributed by atoms with Gasteiger partial charge in [0.15, 0.2) is 0 Å². The summed E-state index contributed by atoms with van der Waals surface area (Å²) in [6, 6.07) is 6.23. The Morgan fingerprint density at radius 2 is 1.85 bits per heavy atom. The number of likely N-dealkylation sites (tertiary alicyclic amines) is 2. The molecule has 224 valence electrons. The fraction of sp³-hybridized carbons (Fsp3) is 0.645. The van der Waals surface area contributed by atoms with Crippen LogP contribution in [0.15, 0.2) is 36.4 Å². The van der Waals surface area contributed by atoms with Gasteiger partial charge in [0.05, 0.1) is 17.9 Å². The molecule has 4 aliphatic heterocycles. The number of hydrogen-bond acceptors (Lipinski definition) is 5. The number of piperidine rings is 1. The molecule has 0 aromatic heterocycles. The smallest absolute Gasteiger partial charge is 0.246 e. The zero-order valence-corrected chi connectivity index (χ0v) is 25.5. The maximum absolute atomic E-state index is 14.2. The number of nitrogens with zero attached hydrogens (tertiary/aromatic N) is 2. The molecule has 5 aliphatic rings.